The summed E-state index contributed by atoms with van der Waals surface area (Å²) in [6, 6.07) is 3.91. The van der Waals surface area contributed by atoms with E-state index in [9.17, 15) is 4.79 Å². The van der Waals surface area contributed by atoms with E-state index in [1.54, 1.807) is 6.92 Å². The third-order valence-electron chi connectivity index (χ3n) is 2.82. The number of carbonyl (C=O) groups is 1. The predicted octanol–water partition coefficient (Wildman–Crippen LogP) is 4.52. The van der Waals surface area contributed by atoms with Crippen LogP contribution in [0.2, 0.25) is 5.02 Å². The molecule has 1 unspecified atom stereocenters. The van der Waals surface area contributed by atoms with Crippen molar-refractivity contribution in [2.75, 3.05) is 0 Å². The number of ether oxygens (including phenoxy) is 1. The zero-order valence-electron chi connectivity index (χ0n) is 11.7. The van der Waals surface area contributed by atoms with Crippen molar-refractivity contribution in [2.24, 2.45) is 0 Å². The van der Waals surface area contributed by atoms with Gasteiger partial charge in [0.2, 0.25) is 0 Å². The fraction of sp³-hybridized carbons (Fsp3) is 0.533. The Labute approximate surface area is 114 Å². The van der Waals surface area contributed by atoms with Crippen molar-refractivity contribution in [1.29, 1.82) is 0 Å². The van der Waals surface area contributed by atoms with Crippen molar-refractivity contribution in [3.05, 3.63) is 28.3 Å². The summed E-state index contributed by atoms with van der Waals surface area (Å²) in [7, 11) is 0. The van der Waals surface area contributed by atoms with E-state index in [4.69, 9.17) is 16.3 Å². The van der Waals surface area contributed by atoms with Crippen LogP contribution in [-0.4, -0.2) is 11.9 Å². The van der Waals surface area contributed by atoms with Crippen molar-refractivity contribution in [3.8, 4) is 5.75 Å². The Morgan fingerprint density at radius 1 is 1.33 bits per heavy atom. The highest BCUT2D eigenvalue weighted by molar-refractivity contribution is 6.31. The third kappa shape index (κ3) is 4.02. The summed E-state index contributed by atoms with van der Waals surface area (Å²) >= 11 is 6.14. The molecule has 0 N–H and O–H groups in total. The minimum Gasteiger partial charge on any atom is -0.490 e. The fourth-order valence-corrected chi connectivity index (χ4v) is 2.06. The second-order valence-corrected chi connectivity index (χ2v) is 5.54. The smallest absolute Gasteiger partial charge is 0.133 e. The van der Waals surface area contributed by atoms with Crippen molar-refractivity contribution in [1.82, 2.24) is 0 Å². The van der Waals surface area contributed by atoms with E-state index in [0.717, 1.165) is 21.9 Å². The van der Waals surface area contributed by atoms with E-state index in [-0.39, 0.29) is 11.9 Å². The van der Waals surface area contributed by atoms with Crippen LogP contribution in [0.3, 0.4) is 0 Å². The predicted molar refractivity (Wildman–Crippen MR) is 75.7 cm³/mol. The molecule has 3 heteroatoms. The summed E-state index contributed by atoms with van der Waals surface area (Å²) < 4.78 is 5.87. The van der Waals surface area contributed by atoms with E-state index in [1.165, 1.54) is 0 Å². The third-order valence-corrected chi connectivity index (χ3v) is 3.22. The van der Waals surface area contributed by atoms with E-state index in [2.05, 4.69) is 13.8 Å². The van der Waals surface area contributed by atoms with Crippen LogP contribution >= 0.6 is 11.6 Å². The number of halogens is 1. The molecule has 0 radical (unpaired) electrons. The fourth-order valence-electron chi connectivity index (χ4n) is 1.89. The summed E-state index contributed by atoms with van der Waals surface area (Å²) in [6.45, 7) is 9.65. The molecule has 0 amide bonds. The molecule has 18 heavy (non-hydrogen) atoms. The maximum Gasteiger partial charge on any atom is 0.133 e. The molecular weight excluding hydrogens is 248 g/mol. The Balaban J connectivity index is 2.99. The lowest BCUT2D eigenvalue weighted by Crippen LogP contribution is -2.16. The Morgan fingerprint density at radius 3 is 2.44 bits per heavy atom. The van der Waals surface area contributed by atoms with E-state index in [0.29, 0.717) is 12.3 Å². The monoisotopic (exact) mass is 268 g/mol. The van der Waals surface area contributed by atoms with Gasteiger partial charge in [0.25, 0.3) is 0 Å². The molecule has 1 atom stereocenters. The van der Waals surface area contributed by atoms with Gasteiger partial charge in [-0.15, -0.1) is 0 Å². The van der Waals surface area contributed by atoms with Crippen LogP contribution in [0.1, 0.15) is 51.2 Å². The van der Waals surface area contributed by atoms with Crippen molar-refractivity contribution in [3.63, 3.8) is 0 Å². The van der Waals surface area contributed by atoms with Crippen LogP contribution in [-0.2, 0) is 4.79 Å². The highest BCUT2D eigenvalue weighted by atomic mass is 35.5. The summed E-state index contributed by atoms with van der Waals surface area (Å²) in [5.74, 6) is 1.31. The van der Waals surface area contributed by atoms with Crippen LogP contribution in [0, 0.1) is 6.92 Å². The van der Waals surface area contributed by atoms with Gasteiger partial charge in [-0.05, 0) is 49.9 Å². The molecule has 0 aliphatic carbocycles. The highest BCUT2D eigenvalue weighted by Gasteiger charge is 2.14. The SMILES string of the molecule is CC(=O)CC(C)Oc1cc(C)c(Cl)cc1C(C)C. The standard InChI is InChI=1S/C15H21ClO2/c1-9(2)13-8-14(16)10(3)6-15(13)18-12(5)7-11(4)17/h6,8-9,12H,7H2,1-5H3. The molecule has 2 nitrogen and oxygen atoms in total. The zero-order chi connectivity index (χ0) is 13.9. The van der Waals surface area contributed by atoms with Crippen molar-refractivity contribution in [2.45, 2.75) is 53.1 Å². The van der Waals surface area contributed by atoms with Gasteiger partial charge in [-0.3, -0.25) is 4.79 Å². The van der Waals surface area contributed by atoms with E-state index >= 15 is 0 Å². The van der Waals surface area contributed by atoms with Crippen molar-refractivity contribution >= 4 is 17.4 Å². The lowest BCUT2D eigenvalue weighted by atomic mass is 10.0. The normalized spacial score (nSPS) is 12.6. The van der Waals surface area contributed by atoms with Gasteiger partial charge >= 0.3 is 0 Å². The molecule has 1 aromatic rings. The minimum absolute atomic E-state index is 0.111. The molecular formula is C15H21ClO2. The average Bonchev–Trinajstić information content (AvgIpc) is 2.21. The van der Waals surface area contributed by atoms with E-state index < -0.39 is 0 Å². The van der Waals surface area contributed by atoms with Gasteiger partial charge < -0.3 is 4.74 Å². The highest BCUT2D eigenvalue weighted by Crippen LogP contribution is 2.32. The zero-order valence-corrected chi connectivity index (χ0v) is 12.5. The Bertz CT molecular complexity index is 438. The molecule has 0 aliphatic rings. The lowest BCUT2D eigenvalue weighted by Gasteiger charge is -2.19. The van der Waals surface area contributed by atoms with Crippen molar-refractivity contribution < 1.29 is 9.53 Å². The Morgan fingerprint density at radius 2 is 1.94 bits per heavy atom. The number of ketones is 1. The first kappa shape index (κ1) is 15.0. The number of hydrogen-bond donors (Lipinski definition) is 0. The van der Waals surface area contributed by atoms with Gasteiger partial charge in [-0.2, -0.15) is 0 Å². The summed E-state index contributed by atoms with van der Waals surface area (Å²) in [4.78, 5) is 11.1. The maximum atomic E-state index is 11.1. The number of benzene rings is 1. The Hall–Kier alpha value is -1.02. The average molecular weight is 269 g/mol. The molecule has 0 spiro atoms. The van der Waals surface area contributed by atoms with Gasteiger partial charge in [0.1, 0.15) is 17.6 Å². The lowest BCUT2D eigenvalue weighted by molar-refractivity contribution is -0.118. The number of aryl methyl sites for hydroxylation is 1. The largest absolute Gasteiger partial charge is 0.490 e. The second kappa shape index (κ2) is 6.24. The molecule has 100 valence electrons. The Kier molecular flexibility index (Phi) is 5.21. The van der Waals surface area contributed by atoms with Crippen LogP contribution in [0.15, 0.2) is 12.1 Å². The number of hydrogen-bond acceptors (Lipinski definition) is 2. The molecule has 0 aliphatic heterocycles. The molecule has 1 aromatic carbocycles. The molecule has 0 fully saturated rings. The topological polar surface area (TPSA) is 26.3 Å². The number of rotatable bonds is 5. The molecule has 0 saturated carbocycles. The molecule has 0 bridgehead atoms. The first-order valence-electron chi connectivity index (χ1n) is 6.27. The van der Waals surface area contributed by atoms with Gasteiger partial charge in [0.15, 0.2) is 0 Å². The molecule has 0 heterocycles. The first-order valence-corrected chi connectivity index (χ1v) is 6.65. The van der Waals surface area contributed by atoms with Gasteiger partial charge in [0.05, 0.1) is 0 Å². The quantitative estimate of drug-likeness (QED) is 0.785. The maximum absolute atomic E-state index is 11.1. The minimum atomic E-state index is -0.111. The second-order valence-electron chi connectivity index (χ2n) is 5.13. The summed E-state index contributed by atoms with van der Waals surface area (Å²) in [6.07, 6.45) is 0.319. The summed E-state index contributed by atoms with van der Waals surface area (Å²) in [5, 5.41) is 0.755. The molecule has 0 aromatic heterocycles. The number of carbonyl (C=O) groups excluding carboxylic acids is 1. The van der Waals surface area contributed by atoms with E-state index in [1.807, 2.05) is 26.0 Å². The van der Waals surface area contributed by atoms with Crippen LogP contribution in [0.5, 0.6) is 5.75 Å². The first-order chi connectivity index (χ1) is 8.31. The molecule has 0 saturated heterocycles. The van der Waals surface area contributed by atoms with Crippen LogP contribution in [0.4, 0.5) is 0 Å². The number of Topliss-reactive ketones (excluding diaryl/α,β-unsaturated/α-hetero) is 1. The van der Waals surface area contributed by atoms with Gasteiger partial charge in [-0.25, -0.2) is 0 Å². The van der Waals surface area contributed by atoms with Crippen LogP contribution in [0.25, 0.3) is 0 Å². The summed E-state index contributed by atoms with van der Waals surface area (Å²) in [5.41, 5.74) is 2.08. The van der Waals surface area contributed by atoms with Crippen LogP contribution < -0.4 is 4.74 Å². The molecule has 1 rings (SSSR count). The van der Waals surface area contributed by atoms with Gasteiger partial charge in [-0.1, -0.05) is 25.4 Å². The van der Waals surface area contributed by atoms with Gasteiger partial charge in [0, 0.05) is 11.4 Å².